The van der Waals surface area contributed by atoms with E-state index in [0.717, 1.165) is 6.42 Å². The van der Waals surface area contributed by atoms with Crippen LogP contribution < -0.4 is 0 Å². The standard InChI is InChI=1S/C18H20S/c1-2-3-4-8-15-19-18-13-11-17(12-14-18)16-9-6-5-7-10-16/h2,5-7,9-14H,1,3-4,8,15H2. The number of benzene rings is 2. The van der Waals surface area contributed by atoms with E-state index >= 15 is 0 Å². The lowest BCUT2D eigenvalue weighted by Crippen LogP contribution is -1.81. The van der Waals surface area contributed by atoms with E-state index in [1.165, 1.54) is 34.6 Å². The molecule has 2 aromatic carbocycles. The first kappa shape index (κ1) is 14.0. The van der Waals surface area contributed by atoms with E-state index in [4.69, 9.17) is 0 Å². The van der Waals surface area contributed by atoms with Gasteiger partial charge in [0.25, 0.3) is 0 Å². The fourth-order valence-electron chi connectivity index (χ4n) is 1.95. The Morgan fingerprint density at radius 3 is 2.21 bits per heavy atom. The Morgan fingerprint density at radius 1 is 0.842 bits per heavy atom. The second kappa shape index (κ2) is 7.85. The third-order valence-electron chi connectivity index (χ3n) is 3.03. The summed E-state index contributed by atoms with van der Waals surface area (Å²) in [5.41, 5.74) is 2.57. The van der Waals surface area contributed by atoms with E-state index < -0.39 is 0 Å². The van der Waals surface area contributed by atoms with Crippen molar-refractivity contribution in [3.63, 3.8) is 0 Å². The first-order valence-electron chi connectivity index (χ1n) is 6.79. The summed E-state index contributed by atoms with van der Waals surface area (Å²) in [6.45, 7) is 3.75. The molecule has 19 heavy (non-hydrogen) atoms. The van der Waals surface area contributed by atoms with Gasteiger partial charge in [0.1, 0.15) is 0 Å². The molecule has 0 aliphatic heterocycles. The van der Waals surface area contributed by atoms with Gasteiger partial charge in [-0.25, -0.2) is 0 Å². The fraction of sp³-hybridized carbons (Fsp3) is 0.222. The van der Waals surface area contributed by atoms with Crippen LogP contribution in [-0.2, 0) is 0 Å². The highest BCUT2D eigenvalue weighted by Crippen LogP contribution is 2.24. The molecule has 2 aromatic rings. The summed E-state index contributed by atoms with van der Waals surface area (Å²) in [6, 6.07) is 19.4. The van der Waals surface area contributed by atoms with Gasteiger partial charge in [-0.1, -0.05) is 48.5 Å². The Labute approximate surface area is 120 Å². The summed E-state index contributed by atoms with van der Waals surface area (Å²) in [6.07, 6.45) is 5.64. The normalized spacial score (nSPS) is 10.3. The van der Waals surface area contributed by atoms with Gasteiger partial charge in [0.15, 0.2) is 0 Å². The van der Waals surface area contributed by atoms with Crippen LogP contribution in [0.25, 0.3) is 11.1 Å². The van der Waals surface area contributed by atoms with Gasteiger partial charge in [-0.2, -0.15) is 0 Å². The van der Waals surface area contributed by atoms with Gasteiger partial charge in [0, 0.05) is 4.90 Å². The lowest BCUT2D eigenvalue weighted by Gasteiger charge is -2.04. The summed E-state index contributed by atoms with van der Waals surface area (Å²) >= 11 is 1.94. The van der Waals surface area contributed by atoms with E-state index in [2.05, 4.69) is 61.2 Å². The highest BCUT2D eigenvalue weighted by molar-refractivity contribution is 7.99. The molecule has 98 valence electrons. The quantitative estimate of drug-likeness (QED) is 0.347. The summed E-state index contributed by atoms with van der Waals surface area (Å²) in [5, 5.41) is 0. The first-order valence-corrected chi connectivity index (χ1v) is 7.78. The zero-order valence-corrected chi connectivity index (χ0v) is 12.0. The molecular formula is C18H20S. The largest absolute Gasteiger partial charge is 0.126 e. The van der Waals surface area contributed by atoms with Crippen LogP contribution in [0, 0.1) is 0 Å². The Hall–Kier alpha value is -1.47. The molecule has 1 heteroatoms. The van der Waals surface area contributed by atoms with Gasteiger partial charge in [0.05, 0.1) is 0 Å². The summed E-state index contributed by atoms with van der Waals surface area (Å²) in [4.78, 5) is 1.36. The number of thioether (sulfide) groups is 1. The zero-order valence-electron chi connectivity index (χ0n) is 11.2. The number of unbranched alkanes of at least 4 members (excludes halogenated alkanes) is 2. The van der Waals surface area contributed by atoms with Crippen LogP contribution in [0.5, 0.6) is 0 Å². The van der Waals surface area contributed by atoms with Crippen molar-refractivity contribution in [1.82, 2.24) is 0 Å². The van der Waals surface area contributed by atoms with E-state index in [0.29, 0.717) is 0 Å². The van der Waals surface area contributed by atoms with Crippen molar-refractivity contribution >= 4 is 11.8 Å². The van der Waals surface area contributed by atoms with E-state index in [9.17, 15) is 0 Å². The van der Waals surface area contributed by atoms with E-state index in [1.54, 1.807) is 0 Å². The number of allylic oxidation sites excluding steroid dienone is 1. The van der Waals surface area contributed by atoms with Crippen molar-refractivity contribution in [2.24, 2.45) is 0 Å². The first-order chi connectivity index (χ1) is 9.40. The lowest BCUT2D eigenvalue weighted by atomic mass is 10.1. The third-order valence-corrected chi connectivity index (χ3v) is 4.13. The Morgan fingerprint density at radius 2 is 1.53 bits per heavy atom. The lowest BCUT2D eigenvalue weighted by molar-refractivity contribution is 0.824. The zero-order chi connectivity index (χ0) is 13.3. The maximum Gasteiger partial charge on any atom is 0.00723 e. The maximum atomic E-state index is 3.75. The Balaban J connectivity index is 1.87. The molecule has 0 saturated heterocycles. The van der Waals surface area contributed by atoms with Crippen LogP contribution in [0.15, 0.2) is 72.1 Å². The Kier molecular flexibility index (Phi) is 5.77. The van der Waals surface area contributed by atoms with Crippen molar-refractivity contribution in [3.8, 4) is 11.1 Å². The second-order valence-electron chi connectivity index (χ2n) is 4.52. The third kappa shape index (κ3) is 4.60. The summed E-state index contributed by atoms with van der Waals surface area (Å²) in [5.74, 6) is 1.19. The maximum absolute atomic E-state index is 3.75. The molecule has 0 aliphatic rings. The summed E-state index contributed by atoms with van der Waals surface area (Å²) < 4.78 is 0. The van der Waals surface area contributed by atoms with Crippen LogP contribution in [0.2, 0.25) is 0 Å². The second-order valence-corrected chi connectivity index (χ2v) is 5.69. The monoisotopic (exact) mass is 268 g/mol. The smallest absolute Gasteiger partial charge is 0.00723 e. The molecule has 0 aliphatic carbocycles. The van der Waals surface area contributed by atoms with Gasteiger partial charge in [-0.15, -0.1) is 18.3 Å². The van der Waals surface area contributed by atoms with Gasteiger partial charge in [-0.05, 0) is 48.3 Å². The molecular weight excluding hydrogens is 248 g/mol. The average Bonchev–Trinajstić information content (AvgIpc) is 2.49. The van der Waals surface area contributed by atoms with Crippen LogP contribution in [0.3, 0.4) is 0 Å². The average molecular weight is 268 g/mol. The molecule has 0 nitrogen and oxygen atoms in total. The van der Waals surface area contributed by atoms with Gasteiger partial charge in [-0.3, -0.25) is 0 Å². The molecule has 0 atom stereocenters. The van der Waals surface area contributed by atoms with Crippen LogP contribution in [-0.4, -0.2) is 5.75 Å². The molecule has 0 bridgehead atoms. The number of rotatable bonds is 7. The molecule has 0 fully saturated rings. The Bertz CT molecular complexity index is 485. The molecule has 0 heterocycles. The van der Waals surface area contributed by atoms with E-state index in [-0.39, 0.29) is 0 Å². The van der Waals surface area contributed by atoms with Gasteiger partial charge in [0.2, 0.25) is 0 Å². The molecule has 0 N–H and O–H groups in total. The molecule has 0 radical (unpaired) electrons. The van der Waals surface area contributed by atoms with Crippen molar-refractivity contribution in [3.05, 3.63) is 67.3 Å². The minimum Gasteiger partial charge on any atom is -0.126 e. The van der Waals surface area contributed by atoms with Crippen LogP contribution in [0.1, 0.15) is 19.3 Å². The molecule has 0 aromatic heterocycles. The number of hydrogen-bond donors (Lipinski definition) is 0. The van der Waals surface area contributed by atoms with Crippen molar-refractivity contribution < 1.29 is 0 Å². The molecule has 0 amide bonds. The highest BCUT2D eigenvalue weighted by atomic mass is 32.2. The highest BCUT2D eigenvalue weighted by Gasteiger charge is 1.98. The van der Waals surface area contributed by atoms with Gasteiger partial charge >= 0.3 is 0 Å². The predicted octanol–water partition coefficient (Wildman–Crippen LogP) is 5.80. The fourth-order valence-corrected chi connectivity index (χ4v) is 2.87. The topological polar surface area (TPSA) is 0 Å². The minimum absolute atomic E-state index is 1.13. The van der Waals surface area contributed by atoms with Crippen LogP contribution in [0.4, 0.5) is 0 Å². The molecule has 2 rings (SSSR count). The number of hydrogen-bond acceptors (Lipinski definition) is 1. The molecule has 0 saturated carbocycles. The SMILES string of the molecule is C=CCCCCSc1ccc(-c2ccccc2)cc1. The van der Waals surface area contributed by atoms with Gasteiger partial charge < -0.3 is 0 Å². The van der Waals surface area contributed by atoms with Crippen molar-refractivity contribution in [2.45, 2.75) is 24.2 Å². The summed E-state index contributed by atoms with van der Waals surface area (Å²) in [7, 11) is 0. The molecule has 0 spiro atoms. The van der Waals surface area contributed by atoms with Crippen LogP contribution >= 0.6 is 11.8 Å². The van der Waals surface area contributed by atoms with E-state index in [1.807, 2.05) is 17.8 Å². The minimum atomic E-state index is 1.13. The van der Waals surface area contributed by atoms with Crippen molar-refractivity contribution in [2.75, 3.05) is 5.75 Å². The van der Waals surface area contributed by atoms with Crippen molar-refractivity contribution in [1.29, 1.82) is 0 Å². The predicted molar refractivity (Wildman–Crippen MR) is 86.7 cm³/mol. The molecule has 0 unspecified atom stereocenters.